The van der Waals surface area contributed by atoms with Gasteiger partial charge in [0, 0.05) is 5.56 Å². The highest BCUT2D eigenvalue weighted by Gasteiger charge is 2.14. The summed E-state index contributed by atoms with van der Waals surface area (Å²) >= 11 is 0. The number of nitrogens with one attached hydrogen (secondary N) is 1. The van der Waals surface area contributed by atoms with E-state index in [0.29, 0.717) is 5.92 Å². The first kappa shape index (κ1) is 10.7. The van der Waals surface area contributed by atoms with E-state index in [4.69, 9.17) is 4.52 Å². The van der Waals surface area contributed by atoms with Crippen molar-refractivity contribution in [3.8, 4) is 11.3 Å². The van der Waals surface area contributed by atoms with Crippen LogP contribution in [0.2, 0.25) is 0 Å². The Bertz CT molecular complexity index is 508. The lowest BCUT2D eigenvalue weighted by molar-refractivity contribution is 0.391. The first-order chi connectivity index (χ1) is 7.68. The van der Waals surface area contributed by atoms with Gasteiger partial charge in [-0.05, 0) is 12.3 Å². The number of hydrogen-bond acceptors (Lipinski definition) is 2. The Hall–Kier alpha value is -1.77. The van der Waals surface area contributed by atoms with E-state index >= 15 is 0 Å². The van der Waals surface area contributed by atoms with E-state index in [0.717, 1.165) is 23.2 Å². The quantitative estimate of drug-likeness (QED) is 0.859. The first-order valence-corrected chi connectivity index (χ1v) is 5.44. The van der Waals surface area contributed by atoms with Gasteiger partial charge in [0.1, 0.15) is 0 Å². The van der Waals surface area contributed by atoms with Crippen molar-refractivity contribution in [2.45, 2.75) is 20.3 Å². The zero-order chi connectivity index (χ0) is 11.5. The van der Waals surface area contributed by atoms with Crippen LogP contribution in [0.4, 0.5) is 0 Å². The molecule has 2 rings (SSSR count). The molecule has 2 aromatic rings. The van der Waals surface area contributed by atoms with Crippen LogP contribution in [0.5, 0.6) is 0 Å². The summed E-state index contributed by atoms with van der Waals surface area (Å²) in [5.74, 6) is 0.432. The summed E-state index contributed by atoms with van der Waals surface area (Å²) in [7, 11) is 0. The van der Waals surface area contributed by atoms with Gasteiger partial charge >= 0.3 is 5.63 Å². The summed E-state index contributed by atoms with van der Waals surface area (Å²) in [4.78, 5) is 11.6. The smallest absolute Gasteiger partial charge is 0.338 e. The highest BCUT2D eigenvalue weighted by Crippen LogP contribution is 2.21. The standard InChI is InChI=1S/C13H15NO2/c1-9(2)8-11-12(14-16-13(11)15)10-6-4-3-5-7-10/h3-7,9,14H,8H2,1-2H3. The summed E-state index contributed by atoms with van der Waals surface area (Å²) in [5, 5.41) is 2.71. The summed E-state index contributed by atoms with van der Waals surface area (Å²) in [6.07, 6.45) is 0.732. The van der Waals surface area contributed by atoms with E-state index in [9.17, 15) is 4.79 Å². The maximum absolute atomic E-state index is 11.6. The number of H-pyrrole nitrogens is 1. The summed E-state index contributed by atoms with van der Waals surface area (Å²) < 4.78 is 4.87. The first-order valence-electron chi connectivity index (χ1n) is 5.44. The molecule has 0 radical (unpaired) electrons. The molecule has 84 valence electrons. The fourth-order valence-electron chi connectivity index (χ4n) is 1.75. The molecule has 1 aromatic heterocycles. The van der Waals surface area contributed by atoms with Crippen molar-refractivity contribution in [3.05, 3.63) is 46.3 Å². The van der Waals surface area contributed by atoms with Crippen LogP contribution in [0, 0.1) is 5.92 Å². The highest BCUT2D eigenvalue weighted by molar-refractivity contribution is 5.61. The molecule has 0 fully saturated rings. The van der Waals surface area contributed by atoms with Crippen molar-refractivity contribution in [1.82, 2.24) is 5.16 Å². The third-order valence-electron chi connectivity index (χ3n) is 2.47. The van der Waals surface area contributed by atoms with Crippen LogP contribution in [-0.4, -0.2) is 5.16 Å². The van der Waals surface area contributed by atoms with E-state index in [-0.39, 0.29) is 5.63 Å². The van der Waals surface area contributed by atoms with Gasteiger partial charge in [0.15, 0.2) is 0 Å². The summed E-state index contributed by atoms with van der Waals surface area (Å²) in [5.41, 5.74) is 2.28. The van der Waals surface area contributed by atoms with Crippen LogP contribution >= 0.6 is 0 Å². The molecule has 16 heavy (non-hydrogen) atoms. The molecule has 0 saturated carbocycles. The van der Waals surface area contributed by atoms with Crippen molar-refractivity contribution in [2.24, 2.45) is 5.92 Å². The second kappa shape index (κ2) is 4.39. The molecule has 3 heteroatoms. The molecular weight excluding hydrogens is 202 g/mol. The van der Waals surface area contributed by atoms with Crippen molar-refractivity contribution in [1.29, 1.82) is 0 Å². The molecule has 0 saturated heterocycles. The van der Waals surface area contributed by atoms with Gasteiger partial charge in [0.05, 0.1) is 11.3 Å². The number of aromatic amines is 1. The van der Waals surface area contributed by atoms with Gasteiger partial charge in [-0.25, -0.2) is 9.95 Å². The third-order valence-corrected chi connectivity index (χ3v) is 2.47. The minimum absolute atomic E-state index is 0.257. The Morgan fingerprint density at radius 3 is 2.56 bits per heavy atom. The lowest BCUT2D eigenvalue weighted by atomic mass is 10.00. The second-order valence-electron chi connectivity index (χ2n) is 4.31. The zero-order valence-corrected chi connectivity index (χ0v) is 9.49. The Kier molecular flexibility index (Phi) is 2.95. The lowest BCUT2D eigenvalue weighted by Crippen LogP contribution is -2.06. The average molecular weight is 217 g/mol. The summed E-state index contributed by atoms with van der Waals surface area (Å²) in [6.45, 7) is 4.17. The molecule has 0 bridgehead atoms. The van der Waals surface area contributed by atoms with Gasteiger partial charge in [-0.1, -0.05) is 44.2 Å². The molecule has 3 nitrogen and oxygen atoms in total. The van der Waals surface area contributed by atoms with Crippen LogP contribution in [0.1, 0.15) is 19.4 Å². The molecule has 1 aromatic carbocycles. The highest BCUT2D eigenvalue weighted by atomic mass is 16.5. The predicted molar refractivity (Wildman–Crippen MR) is 63.3 cm³/mol. The van der Waals surface area contributed by atoms with Crippen molar-refractivity contribution < 1.29 is 4.52 Å². The largest absolute Gasteiger partial charge is 0.361 e. The van der Waals surface area contributed by atoms with Gasteiger partial charge in [-0.15, -0.1) is 0 Å². The third kappa shape index (κ3) is 2.08. The van der Waals surface area contributed by atoms with Crippen molar-refractivity contribution in [2.75, 3.05) is 0 Å². The van der Waals surface area contributed by atoms with E-state index in [1.165, 1.54) is 0 Å². The molecule has 1 N–H and O–H groups in total. The minimum atomic E-state index is -0.257. The van der Waals surface area contributed by atoms with Crippen molar-refractivity contribution in [3.63, 3.8) is 0 Å². The lowest BCUT2D eigenvalue weighted by Gasteiger charge is -2.03. The molecule has 1 heterocycles. The van der Waals surface area contributed by atoms with Gasteiger partial charge in [0.2, 0.25) is 0 Å². The molecule has 0 amide bonds. The fraction of sp³-hybridized carbons (Fsp3) is 0.308. The number of hydrogen-bond donors (Lipinski definition) is 1. The van der Waals surface area contributed by atoms with Gasteiger partial charge in [-0.2, -0.15) is 0 Å². The van der Waals surface area contributed by atoms with Crippen LogP contribution in [0.25, 0.3) is 11.3 Å². The molecule has 0 aliphatic carbocycles. The van der Waals surface area contributed by atoms with E-state index in [2.05, 4.69) is 19.0 Å². The SMILES string of the molecule is CC(C)Cc1c(-c2ccccc2)[nH]oc1=O. The summed E-state index contributed by atoms with van der Waals surface area (Å²) in [6, 6.07) is 9.76. The molecule has 0 aliphatic heterocycles. The van der Waals surface area contributed by atoms with Gasteiger partial charge in [0.25, 0.3) is 0 Å². The number of aromatic nitrogens is 1. The van der Waals surface area contributed by atoms with Gasteiger partial charge in [-0.3, -0.25) is 0 Å². The maximum Gasteiger partial charge on any atom is 0.361 e. The van der Waals surface area contributed by atoms with E-state index < -0.39 is 0 Å². The Morgan fingerprint density at radius 2 is 1.94 bits per heavy atom. The van der Waals surface area contributed by atoms with Crippen LogP contribution < -0.4 is 5.63 Å². The fourth-order valence-corrected chi connectivity index (χ4v) is 1.75. The van der Waals surface area contributed by atoms with Gasteiger partial charge < -0.3 is 4.52 Å². The Morgan fingerprint density at radius 1 is 1.25 bits per heavy atom. The average Bonchev–Trinajstić information content (AvgIpc) is 2.61. The number of rotatable bonds is 3. The monoisotopic (exact) mass is 217 g/mol. The van der Waals surface area contributed by atoms with Crippen molar-refractivity contribution >= 4 is 0 Å². The zero-order valence-electron chi connectivity index (χ0n) is 9.49. The van der Waals surface area contributed by atoms with Crippen LogP contribution in [0.15, 0.2) is 39.6 Å². The minimum Gasteiger partial charge on any atom is -0.338 e. The Balaban J connectivity index is 2.46. The van der Waals surface area contributed by atoms with E-state index in [1.54, 1.807) is 0 Å². The molecule has 0 atom stereocenters. The van der Waals surface area contributed by atoms with Crippen LogP contribution in [0.3, 0.4) is 0 Å². The molecule has 0 spiro atoms. The van der Waals surface area contributed by atoms with E-state index in [1.807, 2.05) is 30.3 Å². The molecule has 0 aliphatic rings. The normalized spacial score (nSPS) is 10.9. The predicted octanol–water partition coefficient (Wildman–Crippen LogP) is 2.83. The molecule has 0 unspecified atom stereocenters. The molecular formula is C13H15NO2. The number of benzene rings is 1. The second-order valence-corrected chi connectivity index (χ2v) is 4.31. The van der Waals surface area contributed by atoms with Crippen LogP contribution in [-0.2, 0) is 6.42 Å². The maximum atomic E-state index is 11.6. The topological polar surface area (TPSA) is 46.0 Å². The Labute approximate surface area is 94.1 Å².